The fourth-order valence-corrected chi connectivity index (χ4v) is 0.739. The predicted octanol–water partition coefficient (Wildman–Crippen LogP) is -0.932. The molecular weight excluding hydrogens is 186 g/mol. The molecule has 0 aromatic carbocycles. The third-order valence-corrected chi connectivity index (χ3v) is 1.38. The molecular formula is C8H17N3O3. The quantitative estimate of drug-likeness (QED) is 0.488. The summed E-state index contributed by atoms with van der Waals surface area (Å²) in [7, 11) is 1.55. The standard InChI is InChI=1S/C8H17N3O3/c1-3-9-8(13)11-6-7(12)10-4-5-14-2/h3-6H2,1-2H3,(H,10,12)(H2,9,11,13). The maximum Gasteiger partial charge on any atom is 0.315 e. The Morgan fingerprint density at radius 2 is 1.93 bits per heavy atom. The monoisotopic (exact) mass is 203 g/mol. The van der Waals surface area contributed by atoms with Gasteiger partial charge in [-0.3, -0.25) is 4.79 Å². The lowest BCUT2D eigenvalue weighted by atomic mass is 10.5. The Balaban J connectivity index is 3.39. The molecule has 0 bridgehead atoms. The molecule has 0 saturated heterocycles. The lowest BCUT2D eigenvalue weighted by Gasteiger charge is -2.06. The molecule has 0 unspecified atom stereocenters. The number of carbonyl (C=O) groups excluding carboxylic acids is 2. The van der Waals surface area contributed by atoms with E-state index in [1.807, 2.05) is 0 Å². The van der Waals surface area contributed by atoms with Gasteiger partial charge in [0.15, 0.2) is 0 Å². The third-order valence-electron chi connectivity index (χ3n) is 1.38. The molecule has 82 valence electrons. The van der Waals surface area contributed by atoms with Gasteiger partial charge < -0.3 is 20.7 Å². The lowest BCUT2D eigenvalue weighted by molar-refractivity contribution is -0.120. The summed E-state index contributed by atoms with van der Waals surface area (Å²) in [5.74, 6) is -0.228. The molecule has 3 amide bonds. The van der Waals surface area contributed by atoms with E-state index in [0.29, 0.717) is 19.7 Å². The number of amides is 3. The number of nitrogens with one attached hydrogen (secondary N) is 3. The SMILES string of the molecule is CCNC(=O)NCC(=O)NCCOC. The average Bonchev–Trinajstić information content (AvgIpc) is 2.16. The first-order valence-corrected chi connectivity index (χ1v) is 4.48. The van der Waals surface area contributed by atoms with Crippen molar-refractivity contribution in [2.75, 3.05) is 33.4 Å². The highest BCUT2D eigenvalue weighted by Crippen LogP contribution is 1.68. The number of hydrogen-bond donors (Lipinski definition) is 3. The van der Waals surface area contributed by atoms with Gasteiger partial charge in [-0.15, -0.1) is 0 Å². The molecule has 6 nitrogen and oxygen atoms in total. The van der Waals surface area contributed by atoms with Crippen molar-refractivity contribution in [3.8, 4) is 0 Å². The number of hydrogen-bond acceptors (Lipinski definition) is 3. The van der Waals surface area contributed by atoms with Crippen molar-refractivity contribution in [2.45, 2.75) is 6.92 Å². The minimum Gasteiger partial charge on any atom is -0.383 e. The van der Waals surface area contributed by atoms with Crippen LogP contribution in [-0.2, 0) is 9.53 Å². The number of methoxy groups -OCH3 is 1. The summed E-state index contributed by atoms with van der Waals surface area (Å²) in [6.07, 6.45) is 0. The molecule has 0 saturated carbocycles. The van der Waals surface area contributed by atoms with E-state index in [1.54, 1.807) is 14.0 Å². The van der Waals surface area contributed by atoms with Gasteiger partial charge in [0.05, 0.1) is 13.2 Å². The second kappa shape index (κ2) is 8.31. The molecule has 3 N–H and O–H groups in total. The Kier molecular flexibility index (Phi) is 7.53. The number of urea groups is 1. The summed E-state index contributed by atoms with van der Waals surface area (Å²) in [5, 5.41) is 7.50. The fraction of sp³-hybridized carbons (Fsp3) is 0.750. The Labute approximate surface area is 83.4 Å². The maximum atomic E-state index is 11.0. The van der Waals surface area contributed by atoms with Gasteiger partial charge in [0.2, 0.25) is 5.91 Å². The summed E-state index contributed by atoms with van der Waals surface area (Å²) in [5.41, 5.74) is 0. The van der Waals surface area contributed by atoms with Crippen LogP contribution in [0.25, 0.3) is 0 Å². The van der Waals surface area contributed by atoms with Crippen LogP contribution in [0.2, 0.25) is 0 Å². The summed E-state index contributed by atoms with van der Waals surface area (Å²) < 4.78 is 4.74. The van der Waals surface area contributed by atoms with Gasteiger partial charge >= 0.3 is 6.03 Å². The summed E-state index contributed by atoms with van der Waals surface area (Å²) >= 11 is 0. The van der Waals surface area contributed by atoms with Gasteiger partial charge in [-0.25, -0.2) is 4.79 Å². The van der Waals surface area contributed by atoms with Gasteiger partial charge in [-0.05, 0) is 6.92 Å². The zero-order chi connectivity index (χ0) is 10.8. The summed E-state index contributed by atoms with van der Waals surface area (Å²) in [4.78, 5) is 21.9. The molecule has 0 rings (SSSR count). The van der Waals surface area contributed by atoms with E-state index in [0.717, 1.165) is 0 Å². The Bertz CT molecular complexity index is 185. The third kappa shape index (κ3) is 7.35. The van der Waals surface area contributed by atoms with Gasteiger partial charge in [0.25, 0.3) is 0 Å². The molecule has 0 spiro atoms. The van der Waals surface area contributed by atoms with E-state index >= 15 is 0 Å². The van der Waals surface area contributed by atoms with E-state index in [9.17, 15) is 9.59 Å². The van der Waals surface area contributed by atoms with Crippen LogP contribution in [0.1, 0.15) is 6.92 Å². The molecule has 0 atom stereocenters. The highest BCUT2D eigenvalue weighted by molar-refractivity contribution is 5.83. The Hall–Kier alpha value is -1.30. The first-order valence-electron chi connectivity index (χ1n) is 4.48. The molecule has 6 heteroatoms. The van der Waals surface area contributed by atoms with Crippen molar-refractivity contribution in [1.82, 2.24) is 16.0 Å². The molecule has 0 aliphatic heterocycles. The highest BCUT2D eigenvalue weighted by atomic mass is 16.5. The predicted molar refractivity (Wildman–Crippen MR) is 52.0 cm³/mol. The van der Waals surface area contributed by atoms with Crippen LogP contribution in [0, 0.1) is 0 Å². The molecule has 14 heavy (non-hydrogen) atoms. The van der Waals surface area contributed by atoms with Crippen molar-refractivity contribution in [3.63, 3.8) is 0 Å². The molecule has 0 aromatic rings. The second-order valence-electron chi connectivity index (χ2n) is 2.56. The number of carbonyl (C=O) groups is 2. The average molecular weight is 203 g/mol. The van der Waals surface area contributed by atoms with Crippen molar-refractivity contribution in [2.24, 2.45) is 0 Å². The van der Waals surface area contributed by atoms with E-state index < -0.39 is 0 Å². The molecule has 0 aromatic heterocycles. The van der Waals surface area contributed by atoms with Gasteiger partial charge in [0.1, 0.15) is 0 Å². The number of ether oxygens (including phenoxy) is 1. The van der Waals surface area contributed by atoms with Crippen LogP contribution < -0.4 is 16.0 Å². The topological polar surface area (TPSA) is 79.5 Å². The van der Waals surface area contributed by atoms with Gasteiger partial charge in [-0.2, -0.15) is 0 Å². The van der Waals surface area contributed by atoms with E-state index in [-0.39, 0.29) is 18.5 Å². The highest BCUT2D eigenvalue weighted by Gasteiger charge is 2.02. The van der Waals surface area contributed by atoms with Crippen LogP contribution in [-0.4, -0.2) is 45.3 Å². The molecule has 0 aliphatic rings. The fourth-order valence-electron chi connectivity index (χ4n) is 0.739. The van der Waals surface area contributed by atoms with Crippen LogP contribution in [0.4, 0.5) is 4.79 Å². The summed E-state index contributed by atoms with van der Waals surface area (Å²) in [6.45, 7) is 3.24. The van der Waals surface area contributed by atoms with E-state index in [1.165, 1.54) is 0 Å². The zero-order valence-corrected chi connectivity index (χ0v) is 8.55. The lowest BCUT2D eigenvalue weighted by Crippen LogP contribution is -2.42. The largest absolute Gasteiger partial charge is 0.383 e. The minimum atomic E-state index is -0.339. The van der Waals surface area contributed by atoms with Gasteiger partial charge in [0, 0.05) is 20.2 Å². The Morgan fingerprint density at radius 3 is 2.50 bits per heavy atom. The molecule has 0 aliphatic carbocycles. The van der Waals surface area contributed by atoms with Crippen molar-refractivity contribution in [3.05, 3.63) is 0 Å². The van der Waals surface area contributed by atoms with Crippen LogP contribution >= 0.6 is 0 Å². The first-order chi connectivity index (χ1) is 6.70. The molecule has 0 radical (unpaired) electrons. The van der Waals surface area contributed by atoms with Crippen molar-refractivity contribution >= 4 is 11.9 Å². The van der Waals surface area contributed by atoms with Crippen LogP contribution in [0.3, 0.4) is 0 Å². The van der Waals surface area contributed by atoms with Crippen molar-refractivity contribution in [1.29, 1.82) is 0 Å². The number of rotatable bonds is 6. The second-order valence-corrected chi connectivity index (χ2v) is 2.56. The summed E-state index contributed by atoms with van der Waals surface area (Å²) in [6, 6.07) is -0.339. The van der Waals surface area contributed by atoms with Crippen molar-refractivity contribution < 1.29 is 14.3 Å². The van der Waals surface area contributed by atoms with Gasteiger partial charge in [-0.1, -0.05) is 0 Å². The minimum absolute atomic E-state index is 0.0183. The molecule has 0 heterocycles. The first kappa shape index (κ1) is 12.7. The van der Waals surface area contributed by atoms with E-state index in [4.69, 9.17) is 4.74 Å². The molecule has 0 fully saturated rings. The van der Waals surface area contributed by atoms with Crippen LogP contribution in [0.5, 0.6) is 0 Å². The maximum absolute atomic E-state index is 11.0. The smallest absolute Gasteiger partial charge is 0.315 e. The zero-order valence-electron chi connectivity index (χ0n) is 8.55. The van der Waals surface area contributed by atoms with Crippen LogP contribution in [0.15, 0.2) is 0 Å². The Morgan fingerprint density at radius 1 is 1.21 bits per heavy atom. The normalized spacial score (nSPS) is 9.29. The van der Waals surface area contributed by atoms with E-state index in [2.05, 4.69) is 16.0 Å².